The van der Waals surface area contributed by atoms with Gasteiger partial charge in [-0.25, -0.2) is 4.98 Å². The summed E-state index contributed by atoms with van der Waals surface area (Å²) in [6, 6.07) is 14.3. The highest BCUT2D eigenvalue weighted by Gasteiger charge is 2.05. The maximum atomic E-state index is 6.12. The summed E-state index contributed by atoms with van der Waals surface area (Å²) in [4.78, 5) is 5.22. The van der Waals surface area contributed by atoms with E-state index in [4.69, 9.17) is 11.5 Å². The van der Waals surface area contributed by atoms with Gasteiger partial charge in [0.2, 0.25) is 0 Å². The van der Waals surface area contributed by atoms with Crippen molar-refractivity contribution in [1.29, 1.82) is 0 Å². The molecular weight excluding hydrogens is 242 g/mol. The minimum Gasteiger partial charge on any atom is -0.384 e. The monoisotopic (exact) mass is 259 g/mol. The number of aromatic nitrogens is 1. The Bertz CT molecular complexity index is 487. The molecule has 0 bridgehead atoms. The van der Waals surface area contributed by atoms with Gasteiger partial charge in [0.1, 0.15) is 5.82 Å². The molecule has 0 saturated carbocycles. The summed E-state index contributed by atoms with van der Waals surface area (Å²) >= 11 is 1.78. The lowest BCUT2D eigenvalue weighted by Crippen LogP contribution is -2.25. The predicted octanol–water partition coefficient (Wildman–Crippen LogP) is 2.33. The number of hydrogen-bond donors (Lipinski definition) is 2. The van der Waals surface area contributed by atoms with Crippen LogP contribution in [0.2, 0.25) is 0 Å². The lowest BCUT2D eigenvalue weighted by molar-refractivity contribution is 0.748. The molecule has 0 aliphatic rings. The normalized spacial score (nSPS) is 12.3. The number of hydrogen-bond acceptors (Lipinski definition) is 4. The Kier molecular flexibility index (Phi) is 4.61. The zero-order chi connectivity index (χ0) is 12.8. The quantitative estimate of drug-likeness (QED) is 0.809. The number of rotatable bonds is 5. The number of nitrogens with two attached hydrogens (primary N) is 2. The smallest absolute Gasteiger partial charge is 0.123 e. The van der Waals surface area contributed by atoms with Crippen LogP contribution in [0.5, 0.6) is 0 Å². The van der Waals surface area contributed by atoms with Gasteiger partial charge in [0.15, 0.2) is 0 Å². The van der Waals surface area contributed by atoms with E-state index in [1.807, 2.05) is 30.3 Å². The molecular formula is C14H17N3S. The molecule has 1 unspecified atom stereocenters. The molecule has 0 fully saturated rings. The van der Waals surface area contributed by atoms with Gasteiger partial charge in [-0.3, -0.25) is 0 Å². The predicted molar refractivity (Wildman–Crippen MR) is 77.5 cm³/mol. The second-order valence-corrected chi connectivity index (χ2v) is 5.27. The van der Waals surface area contributed by atoms with Gasteiger partial charge in [-0.15, -0.1) is 11.8 Å². The second kappa shape index (κ2) is 6.42. The van der Waals surface area contributed by atoms with E-state index in [-0.39, 0.29) is 6.04 Å². The molecule has 4 N–H and O–H groups in total. The Labute approximate surface area is 112 Å². The number of benzene rings is 1. The highest BCUT2D eigenvalue weighted by molar-refractivity contribution is 7.99. The lowest BCUT2D eigenvalue weighted by Gasteiger charge is -2.11. The van der Waals surface area contributed by atoms with E-state index in [0.717, 1.165) is 17.7 Å². The third kappa shape index (κ3) is 4.05. The van der Waals surface area contributed by atoms with Crippen LogP contribution in [-0.4, -0.2) is 16.8 Å². The van der Waals surface area contributed by atoms with Crippen molar-refractivity contribution in [2.24, 2.45) is 5.73 Å². The second-order valence-electron chi connectivity index (χ2n) is 4.18. The SMILES string of the molecule is Nc1cc(CC(N)CSc2ccccc2)ccn1. The van der Waals surface area contributed by atoms with Crippen molar-refractivity contribution in [3.8, 4) is 0 Å². The van der Waals surface area contributed by atoms with Gasteiger partial charge >= 0.3 is 0 Å². The molecule has 0 amide bonds. The molecule has 0 aliphatic heterocycles. The molecule has 0 saturated heterocycles. The van der Waals surface area contributed by atoms with Crippen LogP contribution >= 0.6 is 11.8 Å². The maximum absolute atomic E-state index is 6.12. The zero-order valence-electron chi connectivity index (χ0n) is 10.1. The topological polar surface area (TPSA) is 64.9 Å². The summed E-state index contributed by atoms with van der Waals surface area (Å²) in [6.07, 6.45) is 2.55. The van der Waals surface area contributed by atoms with Crippen molar-refractivity contribution in [2.75, 3.05) is 11.5 Å². The first-order valence-electron chi connectivity index (χ1n) is 5.88. The number of anilines is 1. The van der Waals surface area contributed by atoms with Crippen molar-refractivity contribution in [2.45, 2.75) is 17.4 Å². The minimum absolute atomic E-state index is 0.122. The van der Waals surface area contributed by atoms with Crippen LogP contribution in [0, 0.1) is 0 Å². The molecule has 18 heavy (non-hydrogen) atoms. The van der Waals surface area contributed by atoms with Gasteiger partial charge in [-0.1, -0.05) is 18.2 Å². The van der Waals surface area contributed by atoms with Gasteiger partial charge in [0.25, 0.3) is 0 Å². The molecule has 1 atom stereocenters. The van der Waals surface area contributed by atoms with Crippen LogP contribution in [0.15, 0.2) is 53.6 Å². The van der Waals surface area contributed by atoms with Crippen LogP contribution < -0.4 is 11.5 Å². The van der Waals surface area contributed by atoms with Crippen LogP contribution in [-0.2, 0) is 6.42 Å². The van der Waals surface area contributed by atoms with Gasteiger partial charge < -0.3 is 11.5 Å². The van der Waals surface area contributed by atoms with Gasteiger partial charge in [0, 0.05) is 22.9 Å². The van der Waals surface area contributed by atoms with E-state index in [0.29, 0.717) is 5.82 Å². The molecule has 2 rings (SSSR count). The summed E-state index contributed by atoms with van der Waals surface area (Å²) < 4.78 is 0. The highest BCUT2D eigenvalue weighted by Crippen LogP contribution is 2.18. The molecule has 1 aromatic carbocycles. The van der Waals surface area contributed by atoms with Crippen molar-refractivity contribution < 1.29 is 0 Å². The number of nitrogens with zero attached hydrogens (tertiary/aromatic N) is 1. The summed E-state index contributed by atoms with van der Waals surface area (Å²) in [7, 11) is 0. The fourth-order valence-electron chi connectivity index (χ4n) is 1.70. The summed E-state index contributed by atoms with van der Waals surface area (Å²) in [5, 5.41) is 0. The van der Waals surface area contributed by atoms with Crippen molar-refractivity contribution in [1.82, 2.24) is 4.98 Å². The Morgan fingerprint density at radius 3 is 2.67 bits per heavy atom. The molecule has 0 aliphatic carbocycles. The lowest BCUT2D eigenvalue weighted by atomic mass is 10.1. The summed E-state index contributed by atoms with van der Waals surface area (Å²) in [5.74, 6) is 1.45. The number of pyridine rings is 1. The molecule has 94 valence electrons. The van der Waals surface area contributed by atoms with E-state index < -0.39 is 0 Å². The molecule has 3 nitrogen and oxygen atoms in total. The molecule has 0 spiro atoms. The van der Waals surface area contributed by atoms with E-state index in [2.05, 4.69) is 17.1 Å². The first-order valence-corrected chi connectivity index (χ1v) is 6.86. The molecule has 1 heterocycles. The average molecular weight is 259 g/mol. The molecule has 1 aromatic heterocycles. The standard InChI is InChI=1S/C14H17N3S/c15-12(8-11-6-7-17-14(16)9-11)10-18-13-4-2-1-3-5-13/h1-7,9,12H,8,10,15H2,(H2,16,17). The first-order chi connectivity index (χ1) is 8.74. The third-order valence-corrected chi connectivity index (χ3v) is 3.75. The number of thioether (sulfide) groups is 1. The van der Waals surface area contributed by atoms with Crippen LogP contribution in [0.4, 0.5) is 5.82 Å². The Hall–Kier alpha value is -1.52. The fourth-order valence-corrected chi connectivity index (χ4v) is 2.58. The first kappa shape index (κ1) is 12.9. The average Bonchev–Trinajstić information content (AvgIpc) is 2.38. The zero-order valence-corrected chi connectivity index (χ0v) is 10.9. The third-order valence-electron chi connectivity index (χ3n) is 2.55. The van der Waals surface area contributed by atoms with Crippen molar-refractivity contribution in [3.05, 3.63) is 54.2 Å². The van der Waals surface area contributed by atoms with E-state index in [9.17, 15) is 0 Å². The largest absolute Gasteiger partial charge is 0.384 e. The van der Waals surface area contributed by atoms with Crippen molar-refractivity contribution in [3.63, 3.8) is 0 Å². The molecule has 0 radical (unpaired) electrons. The fraction of sp³-hybridized carbons (Fsp3) is 0.214. The molecule has 4 heteroatoms. The molecule has 2 aromatic rings. The van der Waals surface area contributed by atoms with Gasteiger partial charge in [-0.2, -0.15) is 0 Å². The van der Waals surface area contributed by atoms with Crippen LogP contribution in [0.25, 0.3) is 0 Å². The maximum Gasteiger partial charge on any atom is 0.123 e. The Morgan fingerprint density at radius 1 is 1.17 bits per heavy atom. The van der Waals surface area contributed by atoms with E-state index in [1.54, 1.807) is 18.0 Å². The minimum atomic E-state index is 0.122. The Morgan fingerprint density at radius 2 is 1.94 bits per heavy atom. The van der Waals surface area contributed by atoms with E-state index in [1.165, 1.54) is 4.90 Å². The van der Waals surface area contributed by atoms with Gasteiger partial charge in [0.05, 0.1) is 0 Å². The van der Waals surface area contributed by atoms with Crippen LogP contribution in [0.1, 0.15) is 5.56 Å². The van der Waals surface area contributed by atoms with Crippen LogP contribution in [0.3, 0.4) is 0 Å². The van der Waals surface area contributed by atoms with Crippen molar-refractivity contribution >= 4 is 17.6 Å². The van der Waals surface area contributed by atoms with Gasteiger partial charge in [-0.05, 0) is 36.2 Å². The highest BCUT2D eigenvalue weighted by atomic mass is 32.2. The summed E-state index contributed by atoms with van der Waals surface area (Å²) in [5.41, 5.74) is 12.9. The van der Waals surface area contributed by atoms with E-state index >= 15 is 0 Å². The summed E-state index contributed by atoms with van der Waals surface area (Å²) in [6.45, 7) is 0. The number of nitrogen functional groups attached to an aromatic ring is 1. The Balaban J connectivity index is 1.84.